The molecule has 0 aromatic heterocycles. The molecule has 2 aromatic carbocycles. The molecule has 1 unspecified atom stereocenters. The summed E-state index contributed by atoms with van der Waals surface area (Å²) in [6, 6.07) is 9.51. The number of nitro benzene ring substituents is 1. The molecule has 0 aliphatic carbocycles. The summed E-state index contributed by atoms with van der Waals surface area (Å²) in [6.07, 6.45) is -0.632. The maximum atomic E-state index is 12.4. The number of non-ortho nitro benzene ring substituents is 1. The number of nitrogens with zero attached hydrogens (tertiary/aromatic N) is 1. The van der Waals surface area contributed by atoms with Crippen LogP contribution in [0.15, 0.2) is 53.4 Å². The number of nitro groups is 1. The Hall–Kier alpha value is -2.49. The van der Waals surface area contributed by atoms with Crippen molar-refractivity contribution in [2.24, 2.45) is 0 Å². The van der Waals surface area contributed by atoms with Crippen LogP contribution in [0.2, 0.25) is 5.02 Å². The zero-order valence-electron chi connectivity index (χ0n) is 12.6. The number of hydrogen-bond donors (Lipinski definition) is 2. The fraction of sp³-hybridized carbons (Fsp3) is 0.133. The van der Waals surface area contributed by atoms with E-state index in [2.05, 4.69) is 4.72 Å². The molecule has 0 radical (unpaired) electrons. The van der Waals surface area contributed by atoms with Crippen molar-refractivity contribution in [1.82, 2.24) is 4.72 Å². The summed E-state index contributed by atoms with van der Waals surface area (Å²) < 4.78 is 27.1. The summed E-state index contributed by atoms with van der Waals surface area (Å²) in [4.78, 5) is 21.3. The standard InChI is InChI=1S/C15H13ClN2O6S/c16-13-7-6-10(18(21)22)8-12(13)14(9-15(19)20)17-25(23,24)11-4-2-1-3-5-11/h1-8,14,17H,9H2,(H,19,20). The van der Waals surface area contributed by atoms with Crippen molar-refractivity contribution in [2.75, 3.05) is 0 Å². The highest BCUT2D eigenvalue weighted by Crippen LogP contribution is 2.30. The number of rotatable bonds is 7. The first kappa shape index (κ1) is 18.8. The molecule has 0 amide bonds. The average Bonchev–Trinajstić information content (AvgIpc) is 2.54. The van der Waals surface area contributed by atoms with Crippen LogP contribution < -0.4 is 4.72 Å². The minimum Gasteiger partial charge on any atom is -0.481 e. The molecule has 0 fully saturated rings. The third kappa shape index (κ3) is 4.75. The van der Waals surface area contributed by atoms with Gasteiger partial charge in [-0.05, 0) is 23.8 Å². The van der Waals surface area contributed by atoms with Crippen molar-refractivity contribution in [1.29, 1.82) is 0 Å². The Morgan fingerprint density at radius 1 is 1.24 bits per heavy atom. The maximum Gasteiger partial charge on any atom is 0.305 e. The van der Waals surface area contributed by atoms with Crippen LogP contribution in [-0.2, 0) is 14.8 Å². The molecule has 132 valence electrons. The SMILES string of the molecule is O=C(O)CC(NS(=O)(=O)c1ccccc1)c1cc([N+](=O)[O-])ccc1Cl. The highest BCUT2D eigenvalue weighted by atomic mass is 35.5. The van der Waals surface area contributed by atoms with Gasteiger partial charge in [0.2, 0.25) is 10.0 Å². The van der Waals surface area contributed by atoms with Crippen molar-refractivity contribution >= 4 is 33.3 Å². The number of aliphatic carboxylic acids is 1. The Morgan fingerprint density at radius 2 is 1.88 bits per heavy atom. The normalized spacial score (nSPS) is 12.5. The zero-order chi connectivity index (χ0) is 18.6. The van der Waals surface area contributed by atoms with Crippen LogP contribution in [0, 0.1) is 10.1 Å². The molecule has 0 bridgehead atoms. The molecule has 8 nitrogen and oxygen atoms in total. The van der Waals surface area contributed by atoms with Gasteiger partial charge in [-0.15, -0.1) is 0 Å². The molecule has 0 saturated carbocycles. The molecule has 10 heteroatoms. The Balaban J connectivity index is 2.46. The van der Waals surface area contributed by atoms with Gasteiger partial charge >= 0.3 is 5.97 Å². The van der Waals surface area contributed by atoms with Crippen LogP contribution >= 0.6 is 11.6 Å². The molecule has 2 N–H and O–H groups in total. The molecular weight excluding hydrogens is 372 g/mol. The van der Waals surface area contributed by atoms with Gasteiger partial charge in [-0.25, -0.2) is 13.1 Å². The second-order valence-electron chi connectivity index (χ2n) is 5.05. The first-order valence-electron chi connectivity index (χ1n) is 6.93. The Morgan fingerprint density at radius 3 is 2.44 bits per heavy atom. The number of halogens is 1. The van der Waals surface area contributed by atoms with Crippen molar-refractivity contribution in [2.45, 2.75) is 17.4 Å². The largest absolute Gasteiger partial charge is 0.481 e. The van der Waals surface area contributed by atoms with E-state index < -0.39 is 33.4 Å². The van der Waals surface area contributed by atoms with E-state index >= 15 is 0 Å². The van der Waals surface area contributed by atoms with E-state index in [4.69, 9.17) is 16.7 Å². The van der Waals surface area contributed by atoms with Gasteiger partial charge < -0.3 is 5.11 Å². The first-order valence-corrected chi connectivity index (χ1v) is 8.80. The smallest absolute Gasteiger partial charge is 0.305 e. The highest BCUT2D eigenvalue weighted by molar-refractivity contribution is 7.89. The Kier molecular flexibility index (Phi) is 5.73. The van der Waals surface area contributed by atoms with Crippen LogP contribution in [0.4, 0.5) is 5.69 Å². The van der Waals surface area contributed by atoms with Crippen LogP contribution in [0.25, 0.3) is 0 Å². The summed E-state index contributed by atoms with van der Waals surface area (Å²) in [6.45, 7) is 0. The monoisotopic (exact) mass is 384 g/mol. The fourth-order valence-electron chi connectivity index (χ4n) is 2.16. The number of carbonyl (C=O) groups is 1. The third-order valence-corrected chi connectivity index (χ3v) is 5.13. The van der Waals surface area contributed by atoms with Gasteiger partial charge in [-0.1, -0.05) is 29.8 Å². The molecule has 0 saturated heterocycles. The number of nitrogens with one attached hydrogen (secondary N) is 1. The lowest BCUT2D eigenvalue weighted by Crippen LogP contribution is -2.30. The maximum absolute atomic E-state index is 12.4. The van der Waals surface area contributed by atoms with E-state index in [9.17, 15) is 23.3 Å². The number of hydrogen-bond acceptors (Lipinski definition) is 5. The van der Waals surface area contributed by atoms with Crippen molar-refractivity contribution in [3.8, 4) is 0 Å². The van der Waals surface area contributed by atoms with Crippen molar-refractivity contribution in [3.63, 3.8) is 0 Å². The Labute approximate surface area is 148 Å². The van der Waals surface area contributed by atoms with E-state index in [0.29, 0.717) is 0 Å². The topological polar surface area (TPSA) is 127 Å². The summed E-state index contributed by atoms with van der Waals surface area (Å²) in [5.41, 5.74) is -0.313. The highest BCUT2D eigenvalue weighted by Gasteiger charge is 2.26. The predicted molar refractivity (Wildman–Crippen MR) is 89.9 cm³/mol. The van der Waals surface area contributed by atoms with E-state index in [1.165, 1.54) is 30.3 Å². The molecular formula is C15H13ClN2O6S. The van der Waals surface area contributed by atoms with Gasteiger partial charge in [0, 0.05) is 17.2 Å². The molecule has 25 heavy (non-hydrogen) atoms. The summed E-state index contributed by atoms with van der Waals surface area (Å²) in [7, 11) is -4.04. The van der Waals surface area contributed by atoms with E-state index in [-0.39, 0.29) is 21.2 Å². The van der Waals surface area contributed by atoms with Gasteiger partial charge in [0.25, 0.3) is 5.69 Å². The molecule has 0 spiro atoms. The minimum atomic E-state index is -4.04. The first-order chi connectivity index (χ1) is 11.7. The lowest BCUT2D eigenvalue weighted by Gasteiger charge is -2.18. The fourth-order valence-corrected chi connectivity index (χ4v) is 3.64. The van der Waals surface area contributed by atoms with Gasteiger partial charge in [0.1, 0.15) is 0 Å². The van der Waals surface area contributed by atoms with Crippen LogP contribution in [0.3, 0.4) is 0 Å². The molecule has 1 atom stereocenters. The summed E-state index contributed by atoms with van der Waals surface area (Å²) >= 11 is 6.00. The molecule has 0 aliphatic rings. The van der Waals surface area contributed by atoms with E-state index in [1.54, 1.807) is 6.07 Å². The lowest BCUT2D eigenvalue weighted by molar-refractivity contribution is -0.384. The number of sulfonamides is 1. The summed E-state index contributed by atoms with van der Waals surface area (Å²) in [5.74, 6) is -1.29. The molecule has 0 heterocycles. The summed E-state index contributed by atoms with van der Waals surface area (Å²) in [5, 5.41) is 20.0. The quantitative estimate of drug-likeness (QED) is 0.558. The van der Waals surface area contributed by atoms with Gasteiger partial charge in [0.05, 0.1) is 22.3 Å². The average molecular weight is 385 g/mol. The number of benzene rings is 2. The molecule has 2 aromatic rings. The van der Waals surface area contributed by atoms with E-state index in [0.717, 1.165) is 12.1 Å². The lowest BCUT2D eigenvalue weighted by atomic mass is 10.0. The van der Waals surface area contributed by atoms with Gasteiger partial charge in [0.15, 0.2) is 0 Å². The zero-order valence-corrected chi connectivity index (χ0v) is 14.2. The number of carboxylic acids is 1. The van der Waals surface area contributed by atoms with E-state index in [1.807, 2.05) is 0 Å². The molecule has 0 aliphatic heterocycles. The second kappa shape index (κ2) is 7.60. The van der Waals surface area contributed by atoms with Gasteiger partial charge in [-0.3, -0.25) is 14.9 Å². The van der Waals surface area contributed by atoms with Crippen molar-refractivity contribution in [3.05, 3.63) is 69.2 Å². The van der Waals surface area contributed by atoms with Crippen molar-refractivity contribution < 1.29 is 23.2 Å². The predicted octanol–water partition coefficient (Wildman–Crippen LogP) is 2.74. The minimum absolute atomic E-state index is 0.0118. The number of carboxylic acid groups (broad SMARTS) is 1. The van der Waals surface area contributed by atoms with Crippen LogP contribution in [0.1, 0.15) is 18.0 Å². The van der Waals surface area contributed by atoms with Crippen LogP contribution in [0.5, 0.6) is 0 Å². The van der Waals surface area contributed by atoms with Crippen LogP contribution in [-0.4, -0.2) is 24.4 Å². The Bertz CT molecular complexity index is 901. The third-order valence-electron chi connectivity index (χ3n) is 3.30. The molecule has 2 rings (SSSR count). The van der Waals surface area contributed by atoms with Gasteiger partial charge in [-0.2, -0.15) is 0 Å². The second-order valence-corrected chi connectivity index (χ2v) is 7.17.